The fourth-order valence-electron chi connectivity index (χ4n) is 3.09. The monoisotopic (exact) mass is 400 g/mol. The Morgan fingerprint density at radius 2 is 2.00 bits per heavy atom. The number of nitro groups is 1. The molecule has 0 radical (unpaired) electrons. The molecule has 10 heteroatoms. The van der Waals surface area contributed by atoms with E-state index >= 15 is 0 Å². The fourth-order valence-corrected chi connectivity index (χ4v) is 3.09. The topological polar surface area (TPSA) is 108 Å². The molecule has 0 bridgehead atoms. The first kappa shape index (κ1) is 20.2. The lowest BCUT2D eigenvalue weighted by Gasteiger charge is -2.08. The third kappa shape index (κ3) is 4.48. The molecular formula is C19H21FN6O3. The average Bonchev–Trinajstić information content (AvgIpc) is 3.15. The fraction of sp³-hybridized carbons (Fsp3) is 0.316. The zero-order valence-electron chi connectivity index (χ0n) is 16.3. The van der Waals surface area contributed by atoms with Crippen molar-refractivity contribution >= 4 is 17.3 Å². The van der Waals surface area contributed by atoms with Crippen LogP contribution in [-0.4, -0.2) is 30.4 Å². The molecule has 3 rings (SSSR count). The first-order valence-electron chi connectivity index (χ1n) is 9.01. The molecule has 0 saturated heterocycles. The highest BCUT2D eigenvalue weighted by atomic mass is 19.1. The number of nitrogens with one attached hydrogen (secondary N) is 1. The average molecular weight is 400 g/mol. The minimum absolute atomic E-state index is 0.0734. The number of nitrogens with zero attached hydrogens (tertiary/aromatic N) is 5. The van der Waals surface area contributed by atoms with E-state index in [1.54, 1.807) is 24.6 Å². The molecule has 1 amide bonds. The number of benzene rings is 1. The summed E-state index contributed by atoms with van der Waals surface area (Å²) in [5, 5.41) is 22.1. The van der Waals surface area contributed by atoms with Crippen LogP contribution < -0.4 is 5.32 Å². The van der Waals surface area contributed by atoms with Crippen LogP contribution in [0.25, 0.3) is 0 Å². The molecule has 0 saturated carbocycles. The van der Waals surface area contributed by atoms with Crippen LogP contribution in [0.2, 0.25) is 0 Å². The number of aromatic nitrogens is 4. The summed E-state index contributed by atoms with van der Waals surface area (Å²) in [6.07, 6.45) is 1.28. The highest BCUT2D eigenvalue weighted by Gasteiger charge is 2.18. The molecule has 9 nitrogen and oxygen atoms in total. The van der Waals surface area contributed by atoms with Crippen LogP contribution in [0.4, 0.5) is 15.8 Å². The third-order valence-corrected chi connectivity index (χ3v) is 4.69. The van der Waals surface area contributed by atoms with E-state index in [0.29, 0.717) is 23.6 Å². The van der Waals surface area contributed by atoms with Gasteiger partial charge in [-0.1, -0.05) is 12.1 Å². The molecule has 0 aliphatic heterocycles. The van der Waals surface area contributed by atoms with Gasteiger partial charge in [0.1, 0.15) is 17.7 Å². The van der Waals surface area contributed by atoms with Gasteiger partial charge in [0.05, 0.1) is 35.1 Å². The summed E-state index contributed by atoms with van der Waals surface area (Å²) in [6.45, 7) is 5.81. The van der Waals surface area contributed by atoms with Gasteiger partial charge in [0.25, 0.3) is 0 Å². The van der Waals surface area contributed by atoms with Crippen LogP contribution >= 0.6 is 0 Å². The van der Waals surface area contributed by atoms with Crippen molar-refractivity contribution < 1.29 is 14.1 Å². The normalized spacial score (nSPS) is 10.9. The van der Waals surface area contributed by atoms with E-state index in [4.69, 9.17) is 0 Å². The molecule has 0 unspecified atom stereocenters. The molecule has 0 atom stereocenters. The molecule has 152 valence electrons. The highest BCUT2D eigenvalue weighted by molar-refractivity contribution is 5.91. The van der Waals surface area contributed by atoms with E-state index in [0.717, 1.165) is 11.3 Å². The van der Waals surface area contributed by atoms with E-state index in [2.05, 4.69) is 15.5 Å². The van der Waals surface area contributed by atoms with Crippen molar-refractivity contribution in [1.82, 2.24) is 19.6 Å². The molecule has 1 aromatic carbocycles. The Kier molecular flexibility index (Phi) is 5.71. The Balaban J connectivity index is 1.66. The van der Waals surface area contributed by atoms with E-state index in [1.807, 2.05) is 13.0 Å². The lowest BCUT2D eigenvalue weighted by molar-refractivity contribution is -0.385. The Hall–Kier alpha value is -3.56. The van der Waals surface area contributed by atoms with Crippen molar-refractivity contribution in [3.63, 3.8) is 0 Å². The Morgan fingerprint density at radius 1 is 1.24 bits per heavy atom. The number of halogens is 1. The van der Waals surface area contributed by atoms with Gasteiger partial charge in [-0.05, 0) is 38.5 Å². The molecule has 0 aliphatic rings. The molecule has 0 spiro atoms. The summed E-state index contributed by atoms with van der Waals surface area (Å²) in [6, 6.07) is 6.27. The van der Waals surface area contributed by atoms with Gasteiger partial charge in [0, 0.05) is 6.42 Å². The second-order valence-corrected chi connectivity index (χ2v) is 6.73. The molecule has 0 aliphatic carbocycles. The van der Waals surface area contributed by atoms with Crippen molar-refractivity contribution in [3.05, 3.63) is 69.0 Å². The second-order valence-electron chi connectivity index (χ2n) is 6.73. The number of aryl methyl sites for hydroxylation is 2. The highest BCUT2D eigenvalue weighted by Crippen LogP contribution is 2.21. The van der Waals surface area contributed by atoms with Gasteiger partial charge < -0.3 is 5.32 Å². The number of anilines is 1. The van der Waals surface area contributed by atoms with E-state index in [9.17, 15) is 19.3 Å². The molecule has 2 heterocycles. The summed E-state index contributed by atoms with van der Waals surface area (Å²) in [7, 11) is 0. The van der Waals surface area contributed by atoms with Gasteiger partial charge in [-0.3, -0.25) is 24.3 Å². The number of hydrogen-bond acceptors (Lipinski definition) is 5. The predicted molar refractivity (Wildman–Crippen MR) is 104 cm³/mol. The number of carbonyl (C=O) groups is 1. The predicted octanol–water partition coefficient (Wildman–Crippen LogP) is 3.13. The molecule has 3 aromatic rings. The minimum Gasteiger partial charge on any atom is -0.323 e. The number of hydrogen-bond donors (Lipinski definition) is 1. The van der Waals surface area contributed by atoms with Crippen LogP contribution in [0.15, 0.2) is 30.5 Å². The van der Waals surface area contributed by atoms with Crippen LogP contribution in [0, 0.1) is 36.7 Å². The van der Waals surface area contributed by atoms with Crippen LogP contribution in [-0.2, 0) is 17.9 Å². The largest absolute Gasteiger partial charge is 0.323 e. The molecule has 29 heavy (non-hydrogen) atoms. The molecule has 2 aromatic heterocycles. The maximum Gasteiger partial charge on any atom is 0.309 e. The first-order chi connectivity index (χ1) is 13.8. The quantitative estimate of drug-likeness (QED) is 0.484. The zero-order chi connectivity index (χ0) is 21.1. The Bertz CT molecular complexity index is 1070. The van der Waals surface area contributed by atoms with E-state index < -0.39 is 4.92 Å². The van der Waals surface area contributed by atoms with Crippen molar-refractivity contribution in [1.29, 1.82) is 0 Å². The Morgan fingerprint density at radius 3 is 2.66 bits per heavy atom. The smallest absolute Gasteiger partial charge is 0.309 e. The van der Waals surface area contributed by atoms with Gasteiger partial charge in [-0.15, -0.1) is 0 Å². The lowest BCUT2D eigenvalue weighted by atomic mass is 10.2. The van der Waals surface area contributed by atoms with Crippen LogP contribution in [0.3, 0.4) is 0 Å². The summed E-state index contributed by atoms with van der Waals surface area (Å²) >= 11 is 0. The molecule has 0 fully saturated rings. The maximum atomic E-state index is 13.4. The minimum atomic E-state index is -0.501. The number of amides is 1. The SMILES string of the molecule is Cc1nn(Cc2cccc(F)c2)c(C)c1NC(=O)CCn1ncc([N+](=O)[O-])c1C. The van der Waals surface area contributed by atoms with E-state index in [1.165, 1.54) is 23.0 Å². The zero-order valence-corrected chi connectivity index (χ0v) is 16.3. The Labute approximate surface area is 166 Å². The van der Waals surface area contributed by atoms with Gasteiger partial charge in [0.15, 0.2) is 0 Å². The van der Waals surface area contributed by atoms with Crippen molar-refractivity contribution in [2.45, 2.75) is 40.3 Å². The van der Waals surface area contributed by atoms with Crippen molar-refractivity contribution in [2.75, 3.05) is 5.32 Å². The van der Waals surface area contributed by atoms with Crippen LogP contribution in [0.1, 0.15) is 29.1 Å². The van der Waals surface area contributed by atoms with Crippen molar-refractivity contribution in [2.24, 2.45) is 0 Å². The van der Waals surface area contributed by atoms with Gasteiger partial charge in [0.2, 0.25) is 5.91 Å². The number of rotatable bonds is 7. The van der Waals surface area contributed by atoms with Gasteiger partial charge in [-0.2, -0.15) is 10.2 Å². The molecular weight excluding hydrogens is 379 g/mol. The molecule has 1 N–H and O–H groups in total. The summed E-state index contributed by atoms with van der Waals surface area (Å²) in [5.41, 5.74) is 3.11. The lowest BCUT2D eigenvalue weighted by Crippen LogP contribution is -2.16. The van der Waals surface area contributed by atoms with E-state index in [-0.39, 0.29) is 30.4 Å². The third-order valence-electron chi connectivity index (χ3n) is 4.69. The van der Waals surface area contributed by atoms with Crippen molar-refractivity contribution in [3.8, 4) is 0 Å². The number of carbonyl (C=O) groups excluding carboxylic acids is 1. The second kappa shape index (κ2) is 8.21. The maximum absolute atomic E-state index is 13.4. The standard InChI is InChI=1S/C19H21FN6O3/c1-12-19(14(3)25(23-12)11-15-5-4-6-16(20)9-15)22-18(27)7-8-24-13(2)17(10-21-24)26(28)29/h4-6,9-10H,7-8,11H2,1-3H3,(H,22,27). The summed E-state index contributed by atoms with van der Waals surface area (Å²) in [5.74, 6) is -0.564. The summed E-state index contributed by atoms with van der Waals surface area (Å²) < 4.78 is 16.5. The van der Waals surface area contributed by atoms with Gasteiger partial charge in [-0.25, -0.2) is 4.39 Å². The summed E-state index contributed by atoms with van der Waals surface area (Å²) in [4.78, 5) is 22.8. The van der Waals surface area contributed by atoms with Crippen LogP contribution in [0.5, 0.6) is 0 Å². The first-order valence-corrected chi connectivity index (χ1v) is 9.01. The van der Waals surface area contributed by atoms with Gasteiger partial charge >= 0.3 is 5.69 Å².